The molecule has 0 aromatic carbocycles. The number of pyridine rings is 1. The van der Waals surface area contributed by atoms with Gasteiger partial charge in [-0.25, -0.2) is 4.39 Å². The summed E-state index contributed by atoms with van der Waals surface area (Å²) in [6.07, 6.45) is 4.03. The Morgan fingerprint density at radius 1 is 1.40 bits per heavy atom. The summed E-state index contributed by atoms with van der Waals surface area (Å²) < 4.78 is 13.0. The molecule has 1 heterocycles. The van der Waals surface area contributed by atoms with Crippen molar-refractivity contribution in [1.29, 1.82) is 0 Å². The third kappa shape index (κ3) is 3.76. The van der Waals surface area contributed by atoms with Gasteiger partial charge in [-0.15, -0.1) is 0 Å². The molecule has 4 heteroatoms. The van der Waals surface area contributed by atoms with E-state index in [1.807, 2.05) is 7.05 Å². The molecule has 0 radical (unpaired) electrons. The highest BCUT2D eigenvalue weighted by molar-refractivity contribution is 5.11. The predicted molar refractivity (Wildman–Crippen MR) is 80.0 cm³/mol. The Labute approximate surface area is 121 Å². The molecular weight excluding hydrogens is 253 g/mol. The maximum absolute atomic E-state index is 13.0. The first-order valence-corrected chi connectivity index (χ1v) is 7.52. The molecule has 1 N–H and O–H groups in total. The molecule has 1 fully saturated rings. The van der Waals surface area contributed by atoms with Crippen LogP contribution in [0.1, 0.15) is 38.4 Å². The number of rotatable bonds is 7. The second kappa shape index (κ2) is 6.64. The summed E-state index contributed by atoms with van der Waals surface area (Å²) in [6, 6.07) is 4.06. The minimum Gasteiger partial charge on any atom is -0.311 e. The van der Waals surface area contributed by atoms with Crippen LogP contribution < -0.4 is 5.32 Å². The number of aromatic nitrogens is 1. The zero-order valence-corrected chi connectivity index (χ0v) is 12.9. The van der Waals surface area contributed by atoms with Gasteiger partial charge in [-0.05, 0) is 57.8 Å². The molecule has 112 valence electrons. The summed E-state index contributed by atoms with van der Waals surface area (Å²) in [5.41, 5.74) is 0.911. The summed E-state index contributed by atoms with van der Waals surface area (Å²) >= 11 is 0. The Morgan fingerprint density at radius 2 is 2.10 bits per heavy atom. The fourth-order valence-corrected chi connectivity index (χ4v) is 2.96. The van der Waals surface area contributed by atoms with Crippen LogP contribution in [-0.4, -0.2) is 36.6 Å². The number of nitrogens with zero attached hydrogens (tertiary/aromatic N) is 2. The van der Waals surface area contributed by atoms with Crippen LogP contribution in [0, 0.1) is 17.7 Å². The van der Waals surface area contributed by atoms with Crippen molar-refractivity contribution in [2.24, 2.45) is 11.8 Å². The highest BCUT2D eigenvalue weighted by atomic mass is 19.1. The molecule has 3 unspecified atom stereocenters. The predicted octanol–water partition coefficient (Wildman–Crippen LogP) is 2.85. The zero-order chi connectivity index (χ0) is 14.7. The van der Waals surface area contributed by atoms with E-state index in [9.17, 15) is 4.39 Å². The van der Waals surface area contributed by atoms with E-state index in [-0.39, 0.29) is 11.9 Å². The van der Waals surface area contributed by atoms with Crippen LogP contribution in [0.5, 0.6) is 0 Å². The van der Waals surface area contributed by atoms with Crippen molar-refractivity contribution in [3.63, 3.8) is 0 Å². The number of nitrogens with one attached hydrogen (secondary N) is 1. The SMILES string of the molecule is CNC(c1ccc(F)cn1)C(C)CN(C)C(C)C1CC1. The highest BCUT2D eigenvalue weighted by Crippen LogP contribution is 2.35. The number of halogens is 1. The van der Waals surface area contributed by atoms with Gasteiger partial charge in [0.2, 0.25) is 0 Å². The van der Waals surface area contributed by atoms with E-state index >= 15 is 0 Å². The fraction of sp³-hybridized carbons (Fsp3) is 0.688. The van der Waals surface area contributed by atoms with Crippen molar-refractivity contribution in [1.82, 2.24) is 15.2 Å². The standard InChI is InChI=1S/C16H26FN3/c1-11(10-20(4)12(2)13-5-6-13)16(18-3)15-8-7-14(17)9-19-15/h7-9,11-13,16,18H,5-6,10H2,1-4H3. The van der Waals surface area contributed by atoms with Gasteiger partial charge in [-0.2, -0.15) is 0 Å². The van der Waals surface area contributed by atoms with Gasteiger partial charge in [0.15, 0.2) is 0 Å². The molecule has 2 rings (SSSR count). The Morgan fingerprint density at radius 3 is 2.60 bits per heavy atom. The van der Waals surface area contributed by atoms with E-state index in [2.05, 4.69) is 36.1 Å². The first-order valence-electron chi connectivity index (χ1n) is 7.52. The van der Waals surface area contributed by atoms with Gasteiger partial charge in [0.05, 0.1) is 17.9 Å². The average Bonchev–Trinajstić information content (AvgIpc) is 3.25. The summed E-state index contributed by atoms with van der Waals surface area (Å²) in [5.74, 6) is 1.02. The molecule has 1 aliphatic rings. The molecule has 1 aliphatic carbocycles. The quantitative estimate of drug-likeness (QED) is 0.832. The summed E-state index contributed by atoms with van der Waals surface area (Å²) in [5, 5.41) is 3.32. The third-order valence-corrected chi connectivity index (χ3v) is 4.52. The lowest BCUT2D eigenvalue weighted by atomic mass is 9.97. The Balaban J connectivity index is 1.97. The molecule has 3 nitrogen and oxygen atoms in total. The van der Waals surface area contributed by atoms with E-state index < -0.39 is 0 Å². The fourth-order valence-electron chi connectivity index (χ4n) is 2.96. The lowest BCUT2D eigenvalue weighted by molar-refractivity contribution is 0.186. The van der Waals surface area contributed by atoms with Crippen molar-refractivity contribution in [3.8, 4) is 0 Å². The van der Waals surface area contributed by atoms with Crippen molar-refractivity contribution in [2.45, 2.75) is 38.8 Å². The molecule has 0 saturated heterocycles. The van der Waals surface area contributed by atoms with Gasteiger partial charge in [-0.1, -0.05) is 6.92 Å². The van der Waals surface area contributed by atoms with Crippen LogP contribution in [0.15, 0.2) is 18.3 Å². The second-order valence-corrected chi connectivity index (χ2v) is 6.16. The molecule has 1 saturated carbocycles. The van der Waals surface area contributed by atoms with Crippen molar-refractivity contribution >= 4 is 0 Å². The Bertz CT molecular complexity index is 416. The van der Waals surface area contributed by atoms with Crippen LogP contribution in [0.3, 0.4) is 0 Å². The minimum absolute atomic E-state index is 0.157. The smallest absolute Gasteiger partial charge is 0.141 e. The van der Waals surface area contributed by atoms with Crippen LogP contribution >= 0.6 is 0 Å². The lowest BCUT2D eigenvalue weighted by Gasteiger charge is -2.31. The molecule has 3 atom stereocenters. The molecule has 0 bridgehead atoms. The Kier molecular flexibility index (Phi) is 5.11. The van der Waals surface area contributed by atoms with Crippen molar-refractivity contribution in [2.75, 3.05) is 20.6 Å². The van der Waals surface area contributed by atoms with Gasteiger partial charge < -0.3 is 10.2 Å². The summed E-state index contributed by atoms with van der Waals surface area (Å²) in [6.45, 7) is 5.56. The highest BCUT2D eigenvalue weighted by Gasteiger charge is 2.31. The average molecular weight is 279 g/mol. The summed E-state index contributed by atoms with van der Waals surface area (Å²) in [7, 11) is 4.14. The second-order valence-electron chi connectivity index (χ2n) is 6.16. The van der Waals surface area contributed by atoms with E-state index in [0.717, 1.165) is 18.2 Å². The molecular formula is C16H26FN3. The van der Waals surface area contributed by atoms with Gasteiger partial charge in [0.25, 0.3) is 0 Å². The molecule has 1 aromatic heterocycles. The topological polar surface area (TPSA) is 28.2 Å². The monoisotopic (exact) mass is 279 g/mol. The van der Waals surface area contributed by atoms with Crippen LogP contribution in [0.4, 0.5) is 4.39 Å². The van der Waals surface area contributed by atoms with E-state index in [0.29, 0.717) is 12.0 Å². The molecule has 0 spiro atoms. The largest absolute Gasteiger partial charge is 0.311 e. The van der Waals surface area contributed by atoms with Crippen LogP contribution in [-0.2, 0) is 0 Å². The number of hydrogen-bond donors (Lipinski definition) is 1. The minimum atomic E-state index is -0.282. The van der Waals surface area contributed by atoms with Crippen molar-refractivity contribution < 1.29 is 4.39 Å². The maximum Gasteiger partial charge on any atom is 0.141 e. The third-order valence-electron chi connectivity index (χ3n) is 4.52. The molecule has 20 heavy (non-hydrogen) atoms. The van der Waals surface area contributed by atoms with Crippen molar-refractivity contribution in [3.05, 3.63) is 29.8 Å². The van der Waals surface area contributed by atoms with Gasteiger partial charge >= 0.3 is 0 Å². The van der Waals surface area contributed by atoms with E-state index in [1.165, 1.54) is 25.1 Å². The van der Waals surface area contributed by atoms with Crippen LogP contribution in [0.2, 0.25) is 0 Å². The molecule has 1 aromatic rings. The zero-order valence-electron chi connectivity index (χ0n) is 12.9. The first kappa shape index (κ1) is 15.4. The van der Waals surface area contributed by atoms with Gasteiger partial charge in [0, 0.05) is 12.6 Å². The summed E-state index contributed by atoms with van der Waals surface area (Å²) in [4.78, 5) is 6.65. The first-order chi connectivity index (χ1) is 9.52. The number of hydrogen-bond acceptors (Lipinski definition) is 3. The van der Waals surface area contributed by atoms with Crippen LogP contribution in [0.25, 0.3) is 0 Å². The normalized spacial score (nSPS) is 19.9. The van der Waals surface area contributed by atoms with E-state index in [1.54, 1.807) is 6.07 Å². The maximum atomic E-state index is 13.0. The molecule has 0 aliphatic heterocycles. The Hall–Kier alpha value is -1.00. The van der Waals surface area contributed by atoms with E-state index in [4.69, 9.17) is 0 Å². The van der Waals surface area contributed by atoms with Gasteiger partial charge in [0.1, 0.15) is 5.82 Å². The molecule has 0 amide bonds. The van der Waals surface area contributed by atoms with Gasteiger partial charge in [-0.3, -0.25) is 4.98 Å². The lowest BCUT2D eigenvalue weighted by Crippen LogP contribution is -2.38.